The van der Waals surface area contributed by atoms with Crippen molar-refractivity contribution in [1.82, 2.24) is 4.98 Å². The van der Waals surface area contributed by atoms with Crippen molar-refractivity contribution in [3.8, 4) is 22.8 Å². The van der Waals surface area contributed by atoms with Gasteiger partial charge < -0.3 is 14.6 Å². The number of aliphatic carboxylic acids is 1. The average molecular weight is 476 g/mol. The number of ether oxygens (including phenoxy) is 2. The number of aryl methyl sites for hydroxylation is 1. The Kier molecular flexibility index (Phi) is 6.46. The third-order valence-corrected chi connectivity index (χ3v) is 7.34. The van der Waals surface area contributed by atoms with Gasteiger partial charge in [-0.05, 0) is 84.4 Å². The molecule has 1 fully saturated rings. The van der Waals surface area contributed by atoms with E-state index in [0.717, 1.165) is 53.7 Å². The molecule has 1 aliphatic heterocycles. The first-order chi connectivity index (χ1) is 16.9. The summed E-state index contributed by atoms with van der Waals surface area (Å²) in [5.74, 6) is 0.0552. The second-order valence-electron chi connectivity index (χ2n) is 9.68. The van der Waals surface area contributed by atoms with Gasteiger partial charge >= 0.3 is 5.97 Å². The number of carboxylic acid groups (broad SMARTS) is 1. The van der Waals surface area contributed by atoms with Crippen molar-refractivity contribution in [2.24, 2.45) is 11.8 Å². The third-order valence-electron chi connectivity index (χ3n) is 7.34. The fourth-order valence-corrected chi connectivity index (χ4v) is 5.25. The lowest BCUT2D eigenvalue weighted by molar-refractivity contribution is -0.142. The fraction of sp³-hybridized carbons (Fsp3) is 0.379. The predicted molar refractivity (Wildman–Crippen MR) is 131 cm³/mol. The maximum Gasteiger partial charge on any atom is 0.306 e. The van der Waals surface area contributed by atoms with Gasteiger partial charge in [-0.1, -0.05) is 31.2 Å². The molecule has 3 atom stereocenters. The van der Waals surface area contributed by atoms with Crippen LogP contribution in [0.4, 0.5) is 4.39 Å². The summed E-state index contributed by atoms with van der Waals surface area (Å²) in [7, 11) is 1.55. The Morgan fingerprint density at radius 2 is 1.91 bits per heavy atom. The van der Waals surface area contributed by atoms with Crippen LogP contribution in [0.3, 0.4) is 0 Å². The van der Waals surface area contributed by atoms with E-state index in [1.165, 1.54) is 6.07 Å². The lowest BCUT2D eigenvalue weighted by atomic mass is 9.82. The van der Waals surface area contributed by atoms with Gasteiger partial charge in [0.1, 0.15) is 17.7 Å². The van der Waals surface area contributed by atoms with Gasteiger partial charge in [0.15, 0.2) is 0 Å². The second kappa shape index (κ2) is 9.68. The number of pyridine rings is 1. The minimum Gasteiger partial charge on any atom is -0.485 e. The van der Waals surface area contributed by atoms with Crippen LogP contribution in [0.5, 0.6) is 11.6 Å². The summed E-state index contributed by atoms with van der Waals surface area (Å²) in [6, 6.07) is 15.0. The standard InChI is InChI=1S/C29H30FNO4/c1-17(29(32)33)28(19-7-8-19)22-9-6-18-4-3-5-25(35-26(18)15-22)23-11-10-20(14-24(23)30)21-12-13-31-27(16-21)34-2/h6,9-17,19,25,28H,3-5,7-8H2,1-2H3,(H,32,33). The molecule has 0 saturated heterocycles. The number of benzene rings is 2. The predicted octanol–water partition coefficient (Wildman–Crippen LogP) is 6.57. The number of carbonyl (C=O) groups is 1. The highest BCUT2D eigenvalue weighted by Gasteiger charge is 2.39. The van der Waals surface area contributed by atoms with Crippen LogP contribution in [0, 0.1) is 17.7 Å². The summed E-state index contributed by atoms with van der Waals surface area (Å²) in [4.78, 5) is 15.9. The minimum atomic E-state index is -0.774. The quantitative estimate of drug-likeness (QED) is 0.419. The molecule has 1 aliphatic carbocycles. The Morgan fingerprint density at radius 1 is 1.11 bits per heavy atom. The first kappa shape index (κ1) is 23.3. The van der Waals surface area contributed by atoms with Gasteiger partial charge in [0.05, 0.1) is 13.0 Å². The normalized spacial score (nSPS) is 19.1. The van der Waals surface area contributed by atoms with Gasteiger partial charge in [-0.25, -0.2) is 9.37 Å². The Hall–Kier alpha value is -3.41. The van der Waals surface area contributed by atoms with Crippen molar-refractivity contribution in [2.75, 3.05) is 7.11 Å². The maximum atomic E-state index is 15.3. The van der Waals surface area contributed by atoms with Crippen LogP contribution in [-0.4, -0.2) is 23.2 Å². The molecule has 1 N–H and O–H groups in total. The molecule has 2 aromatic carbocycles. The van der Waals surface area contributed by atoms with E-state index in [2.05, 4.69) is 17.1 Å². The molecule has 0 spiro atoms. The van der Waals surface area contributed by atoms with E-state index in [1.807, 2.05) is 18.2 Å². The maximum absolute atomic E-state index is 15.3. The number of fused-ring (bicyclic) bond motifs is 1. The molecule has 2 aliphatic rings. The molecule has 35 heavy (non-hydrogen) atoms. The van der Waals surface area contributed by atoms with E-state index in [0.29, 0.717) is 23.8 Å². The number of hydrogen-bond donors (Lipinski definition) is 1. The van der Waals surface area contributed by atoms with E-state index in [1.54, 1.807) is 32.4 Å². The lowest BCUT2D eigenvalue weighted by Crippen LogP contribution is -2.20. The molecule has 0 bridgehead atoms. The molecule has 182 valence electrons. The fourth-order valence-electron chi connectivity index (χ4n) is 5.25. The zero-order chi connectivity index (χ0) is 24.5. The first-order valence-corrected chi connectivity index (χ1v) is 12.3. The van der Waals surface area contributed by atoms with Gasteiger partial charge in [0.2, 0.25) is 5.88 Å². The van der Waals surface area contributed by atoms with E-state index >= 15 is 4.39 Å². The van der Waals surface area contributed by atoms with Crippen molar-refractivity contribution in [2.45, 2.75) is 51.0 Å². The summed E-state index contributed by atoms with van der Waals surface area (Å²) >= 11 is 0. The van der Waals surface area contributed by atoms with E-state index in [-0.39, 0.29) is 11.7 Å². The number of halogens is 1. The molecule has 0 radical (unpaired) electrons. The van der Waals surface area contributed by atoms with E-state index < -0.39 is 18.0 Å². The molecule has 1 saturated carbocycles. The Morgan fingerprint density at radius 3 is 2.63 bits per heavy atom. The smallest absolute Gasteiger partial charge is 0.306 e. The number of carboxylic acids is 1. The van der Waals surface area contributed by atoms with Gasteiger partial charge in [-0.15, -0.1) is 0 Å². The highest BCUT2D eigenvalue weighted by molar-refractivity contribution is 5.71. The zero-order valence-corrected chi connectivity index (χ0v) is 20.0. The van der Waals surface area contributed by atoms with Crippen molar-refractivity contribution in [3.05, 3.63) is 77.2 Å². The average Bonchev–Trinajstić information content (AvgIpc) is 3.71. The topological polar surface area (TPSA) is 68.7 Å². The Bertz CT molecular complexity index is 1240. The summed E-state index contributed by atoms with van der Waals surface area (Å²) in [5.41, 5.74) is 4.21. The second-order valence-corrected chi connectivity index (χ2v) is 9.68. The summed E-state index contributed by atoms with van der Waals surface area (Å²) in [6.07, 6.45) is 5.81. The van der Waals surface area contributed by atoms with Gasteiger partial charge in [0, 0.05) is 17.8 Å². The molecule has 3 aromatic rings. The first-order valence-electron chi connectivity index (χ1n) is 12.3. The van der Waals surface area contributed by atoms with Crippen LogP contribution in [0.1, 0.15) is 61.3 Å². The highest BCUT2D eigenvalue weighted by Crippen LogP contribution is 2.48. The van der Waals surface area contributed by atoms with Crippen LogP contribution in [0.15, 0.2) is 54.7 Å². The summed E-state index contributed by atoms with van der Waals surface area (Å²) in [6.45, 7) is 1.79. The largest absolute Gasteiger partial charge is 0.485 e. The van der Waals surface area contributed by atoms with Crippen LogP contribution < -0.4 is 9.47 Å². The number of rotatable bonds is 7. The number of hydrogen-bond acceptors (Lipinski definition) is 4. The van der Waals surface area contributed by atoms with Crippen LogP contribution in [0.2, 0.25) is 0 Å². The van der Waals surface area contributed by atoms with Crippen molar-refractivity contribution in [1.29, 1.82) is 0 Å². The zero-order valence-electron chi connectivity index (χ0n) is 20.0. The SMILES string of the molecule is COc1cc(-c2ccc(C3CCCc4ccc(C(C5CC5)C(C)C(=O)O)cc4O3)c(F)c2)ccn1. The summed E-state index contributed by atoms with van der Waals surface area (Å²) < 4.78 is 26.9. The monoisotopic (exact) mass is 475 g/mol. The van der Waals surface area contributed by atoms with Crippen molar-refractivity contribution in [3.63, 3.8) is 0 Å². The van der Waals surface area contributed by atoms with Gasteiger partial charge in [-0.3, -0.25) is 4.79 Å². The number of nitrogens with zero attached hydrogens (tertiary/aromatic N) is 1. The molecule has 1 aromatic heterocycles. The van der Waals surface area contributed by atoms with Crippen molar-refractivity contribution < 1.29 is 23.8 Å². The summed E-state index contributed by atoms with van der Waals surface area (Å²) in [5, 5.41) is 9.65. The third kappa shape index (κ3) is 4.88. The minimum absolute atomic E-state index is 0.0310. The molecular formula is C29H30FNO4. The molecule has 0 amide bonds. The van der Waals surface area contributed by atoms with Gasteiger partial charge in [-0.2, -0.15) is 0 Å². The highest BCUT2D eigenvalue weighted by atomic mass is 19.1. The molecule has 5 nitrogen and oxygen atoms in total. The van der Waals surface area contributed by atoms with E-state index in [9.17, 15) is 9.90 Å². The molecule has 3 unspecified atom stereocenters. The molecule has 5 rings (SSSR count). The number of methoxy groups -OCH3 is 1. The van der Waals surface area contributed by atoms with Crippen LogP contribution in [0.25, 0.3) is 11.1 Å². The lowest BCUT2D eigenvalue weighted by Gasteiger charge is -2.24. The molecule has 6 heteroatoms. The molecule has 2 heterocycles. The Labute approximate surface area is 204 Å². The van der Waals surface area contributed by atoms with Crippen LogP contribution in [-0.2, 0) is 11.2 Å². The van der Waals surface area contributed by atoms with Crippen molar-refractivity contribution >= 4 is 5.97 Å². The van der Waals surface area contributed by atoms with Gasteiger partial charge in [0.25, 0.3) is 0 Å². The van der Waals surface area contributed by atoms with E-state index in [4.69, 9.17) is 9.47 Å². The van der Waals surface area contributed by atoms with Crippen LogP contribution >= 0.6 is 0 Å². The Balaban J connectivity index is 1.42. The number of aromatic nitrogens is 1. The molecular weight excluding hydrogens is 445 g/mol.